The maximum absolute atomic E-state index is 12.9. The third-order valence-corrected chi connectivity index (χ3v) is 3.36. The topological polar surface area (TPSA) is 64.6 Å². The Morgan fingerprint density at radius 2 is 2.00 bits per heavy atom. The molecule has 0 spiro atoms. The lowest BCUT2D eigenvalue weighted by Gasteiger charge is -2.08. The van der Waals surface area contributed by atoms with Crippen LogP contribution in [0.4, 0.5) is 10.1 Å². The van der Waals surface area contributed by atoms with Crippen molar-refractivity contribution in [1.82, 2.24) is 0 Å². The summed E-state index contributed by atoms with van der Waals surface area (Å²) in [4.78, 5) is 23.5. The van der Waals surface area contributed by atoms with Crippen LogP contribution in [-0.2, 0) is 20.7 Å². The van der Waals surface area contributed by atoms with Gasteiger partial charge >= 0.3 is 5.97 Å². The van der Waals surface area contributed by atoms with E-state index < -0.39 is 24.3 Å². The molecular weight excluding hydrogens is 337 g/mol. The quantitative estimate of drug-likeness (QED) is 0.812. The molecule has 5 nitrogen and oxygen atoms in total. The van der Waals surface area contributed by atoms with Gasteiger partial charge < -0.3 is 14.8 Å². The van der Waals surface area contributed by atoms with Crippen LogP contribution >= 0.6 is 11.6 Å². The standard InChI is InChI=1S/C17H15ClFNO4/c1-23-13-4-2-3-11(7-13)8-17(22)24-10-16(21)20-15-6-5-12(19)9-14(15)18/h2-7,9H,8,10H2,1H3,(H,20,21). The highest BCUT2D eigenvalue weighted by Crippen LogP contribution is 2.22. The second-order valence-corrected chi connectivity index (χ2v) is 5.27. The van der Waals surface area contributed by atoms with E-state index in [9.17, 15) is 14.0 Å². The van der Waals surface area contributed by atoms with Crippen LogP contribution in [0.2, 0.25) is 5.02 Å². The monoisotopic (exact) mass is 351 g/mol. The first kappa shape index (κ1) is 17.7. The first-order valence-corrected chi connectivity index (χ1v) is 7.39. The molecule has 24 heavy (non-hydrogen) atoms. The number of benzene rings is 2. The summed E-state index contributed by atoms with van der Waals surface area (Å²) < 4.78 is 22.9. The van der Waals surface area contributed by atoms with Gasteiger partial charge in [0, 0.05) is 0 Å². The van der Waals surface area contributed by atoms with Gasteiger partial charge in [-0.25, -0.2) is 4.39 Å². The zero-order valence-corrected chi connectivity index (χ0v) is 13.6. The number of rotatable bonds is 6. The summed E-state index contributed by atoms with van der Waals surface area (Å²) in [5, 5.41) is 2.50. The summed E-state index contributed by atoms with van der Waals surface area (Å²) in [6.07, 6.45) is 0.0157. The minimum Gasteiger partial charge on any atom is -0.497 e. The van der Waals surface area contributed by atoms with Crippen molar-refractivity contribution < 1.29 is 23.5 Å². The van der Waals surface area contributed by atoms with Crippen molar-refractivity contribution in [2.45, 2.75) is 6.42 Å². The minimum atomic E-state index is -0.567. The number of amides is 1. The second kappa shape index (κ2) is 8.31. The Kier molecular flexibility index (Phi) is 6.14. The molecule has 0 aromatic heterocycles. The van der Waals surface area contributed by atoms with Crippen molar-refractivity contribution >= 4 is 29.2 Å². The van der Waals surface area contributed by atoms with Gasteiger partial charge in [-0.15, -0.1) is 0 Å². The molecule has 0 atom stereocenters. The molecule has 126 valence electrons. The van der Waals surface area contributed by atoms with E-state index in [4.69, 9.17) is 21.1 Å². The van der Waals surface area contributed by atoms with Gasteiger partial charge in [-0.05, 0) is 35.9 Å². The van der Waals surface area contributed by atoms with Crippen molar-refractivity contribution in [2.75, 3.05) is 19.0 Å². The van der Waals surface area contributed by atoms with Crippen LogP contribution < -0.4 is 10.1 Å². The van der Waals surface area contributed by atoms with E-state index in [0.717, 1.165) is 12.1 Å². The first-order valence-electron chi connectivity index (χ1n) is 7.01. The number of hydrogen-bond acceptors (Lipinski definition) is 4. The van der Waals surface area contributed by atoms with E-state index in [0.29, 0.717) is 11.3 Å². The normalized spacial score (nSPS) is 10.1. The minimum absolute atomic E-state index is 0.0157. The van der Waals surface area contributed by atoms with Gasteiger partial charge in [-0.2, -0.15) is 0 Å². The van der Waals surface area contributed by atoms with Crippen molar-refractivity contribution in [1.29, 1.82) is 0 Å². The number of anilines is 1. The molecule has 0 heterocycles. The molecule has 2 aromatic carbocycles. The largest absolute Gasteiger partial charge is 0.497 e. The van der Waals surface area contributed by atoms with Crippen LogP contribution in [0.25, 0.3) is 0 Å². The molecule has 0 unspecified atom stereocenters. The molecule has 0 aliphatic rings. The van der Waals surface area contributed by atoms with Crippen molar-refractivity contribution in [3.63, 3.8) is 0 Å². The number of hydrogen-bond donors (Lipinski definition) is 1. The molecule has 0 bridgehead atoms. The van der Waals surface area contributed by atoms with Crippen LogP contribution in [0.15, 0.2) is 42.5 Å². The van der Waals surface area contributed by atoms with Crippen molar-refractivity contribution in [3.05, 3.63) is 58.9 Å². The maximum atomic E-state index is 12.9. The fraction of sp³-hybridized carbons (Fsp3) is 0.176. The van der Waals surface area contributed by atoms with Crippen LogP contribution in [0, 0.1) is 5.82 Å². The smallest absolute Gasteiger partial charge is 0.310 e. The van der Waals surface area contributed by atoms with Crippen LogP contribution in [0.1, 0.15) is 5.56 Å². The highest BCUT2D eigenvalue weighted by Gasteiger charge is 2.11. The Labute approximate surface area is 143 Å². The highest BCUT2D eigenvalue weighted by atomic mass is 35.5. The van der Waals surface area contributed by atoms with Crippen LogP contribution in [-0.4, -0.2) is 25.6 Å². The number of methoxy groups -OCH3 is 1. The SMILES string of the molecule is COc1cccc(CC(=O)OCC(=O)Nc2ccc(F)cc2Cl)c1. The first-order chi connectivity index (χ1) is 11.5. The lowest BCUT2D eigenvalue weighted by molar-refractivity contribution is -0.146. The van der Waals surface area contributed by atoms with E-state index in [1.165, 1.54) is 13.2 Å². The molecule has 0 saturated carbocycles. The van der Waals surface area contributed by atoms with Gasteiger partial charge in [0.15, 0.2) is 6.61 Å². The molecule has 0 aliphatic carbocycles. The van der Waals surface area contributed by atoms with Gasteiger partial charge in [0.05, 0.1) is 24.2 Å². The van der Waals surface area contributed by atoms with E-state index in [-0.39, 0.29) is 17.1 Å². The lowest BCUT2D eigenvalue weighted by Crippen LogP contribution is -2.21. The highest BCUT2D eigenvalue weighted by molar-refractivity contribution is 6.33. The molecule has 2 aromatic rings. The Morgan fingerprint density at radius 1 is 1.21 bits per heavy atom. The Bertz CT molecular complexity index is 751. The number of carbonyl (C=O) groups is 2. The van der Waals surface area contributed by atoms with Gasteiger partial charge in [0.1, 0.15) is 11.6 Å². The number of ether oxygens (including phenoxy) is 2. The molecule has 1 N–H and O–H groups in total. The second-order valence-electron chi connectivity index (χ2n) is 4.86. The summed E-state index contributed by atoms with van der Waals surface area (Å²) in [6, 6.07) is 10.5. The Balaban J connectivity index is 1.83. The van der Waals surface area contributed by atoms with Gasteiger partial charge in [-0.1, -0.05) is 23.7 Å². The van der Waals surface area contributed by atoms with Crippen LogP contribution in [0.5, 0.6) is 5.75 Å². The lowest BCUT2D eigenvalue weighted by atomic mass is 10.1. The summed E-state index contributed by atoms with van der Waals surface area (Å²) in [6.45, 7) is -0.462. The third-order valence-electron chi connectivity index (χ3n) is 3.05. The van der Waals surface area contributed by atoms with Crippen LogP contribution in [0.3, 0.4) is 0 Å². The molecular formula is C17H15ClFNO4. The molecule has 0 radical (unpaired) electrons. The summed E-state index contributed by atoms with van der Waals surface area (Å²) in [5.74, 6) is -1.00. The molecule has 7 heteroatoms. The Morgan fingerprint density at radius 3 is 2.71 bits per heavy atom. The molecule has 1 amide bonds. The van der Waals surface area contributed by atoms with Gasteiger partial charge in [0.25, 0.3) is 5.91 Å². The molecule has 2 rings (SSSR count). The molecule has 0 saturated heterocycles. The fourth-order valence-corrected chi connectivity index (χ4v) is 2.14. The number of halogens is 2. The van der Waals surface area contributed by atoms with E-state index in [1.807, 2.05) is 0 Å². The zero-order chi connectivity index (χ0) is 17.5. The predicted octanol–water partition coefficient (Wildman–Crippen LogP) is 3.21. The summed E-state index contributed by atoms with van der Waals surface area (Å²) in [7, 11) is 1.53. The third kappa shape index (κ3) is 5.24. The van der Waals surface area contributed by atoms with Gasteiger partial charge in [-0.3, -0.25) is 9.59 Å². The molecule has 0 aliphatic heterocycles. The van der Waals surface area contributed by atoms with E-state index in [2.05, 4.69) is 5.32 Å². The number of nitrogens with one attached hydrogen (secondary N) is 1. The average molecular weight is 352 g/mol. The molecule has 0 fully saturated rings. The summed E-state index contributed by atoms with van der Waals surface area (Å²) >= 11 is 5.80. The predicted molar refractivity (Wildman–Crippen MR) is 87.7 cm³/mol. The van der Waals surface area contributed by atoms with Crippen molar-refractivity contribution in [2.24, 2.45) is 0 Å². The van der Waals surface area contributed by atoms with E-state index in [1.54, 1.807) is 24.3 Å². The number of esters is 1. The van der Waals surface area contributed by atoms with Gasteiger partial charge in [0.2, 0.25) is 0 Å². The summed E-state index contributed by atoms with van der Waals surface area (Å²) in [5.41, 5.74) is 0.952. The fourth-order valence-electron chi connectivity index (χ4n) is 1.92. The average Bonchev–Trinajstić information content (AvgIpc) is 2.56. The Hall–Kier alpha value is -2.60. The van der Waals surface area contributed by atoms with Crippen molar-refractivity contribution in [3.8, 4) is 5.75 Å². The number of carbonyl (C=O) groups excluding carboxylic acids is 2. The maximum Gasteiger partial charge on any atom is 0.310 e. The zero-order valence-electron chi connectivity index (χ0n) is 12.8. The van der Waals surface area contributed by atoms with E-state index >= 15 is 0 Å².